The lowest BCUT2D eigenvalue weighted by Gasteiger charge is -2.44. The van der Waals surface area contributed by atoms with Crippen LogP contribution >= 0.6 is 11.8 Å². The minimum Gasteiger partial charge on any atom is -0.469 e. The van der Waals surface area contributed by atoms with Gasteiger partial charge in [0.25, 0.3) is 0 Å². The number of allylic oxidation sites excluding steroid dienone is 3. The zero-order chi connectivity index (χ0) is 54.3. The number of hydrogen-bond donors (Lipinski definition) is 2. The van der Waals surface area contributed by atoms with Gasteiger partial charge in [0.05, 0.1) is 48.8 Å². The lowest BCUT2D eigenvalue weighted by molar-refractivity contribution is -0.237. The molecule has 74 heavy (non-hydrogen) atoms. The van der Waals surface area contributed by atoms with Crippen molar-refractivity contribution in [3.8, 4) is 0 Å². The van der Waals surface area contributed by atoms with E-state index < -0.39 is 71.6 Å². The maximum atomic E-state index is 14.8. The van der Waals surface area contributed by atoms with E-state index in [0.717, 1.165) is 52.8 Å². The quantitative estimate of drug-likeness (QED) is 0.0714. The highest BCUT2D eigenvalue weighted by molar-refractivity contribution is 7.99. The van der Waals surface area contributed by atoms with Gasteiger partial charge in [0.2, 0.25) is 5.91 Å². The van der Waals surface area contributed by atoms with Gasteiger partial charge in [0.1, 0.15) is 18.1 Å². The van der Waals surface area contributed by atoms with Crippen LogP contribution in [0.2, 0.25) is 0 Å². The number of esters is 6. The molecule has 0 aromatic carbocycles. The first-order valence-corrected chi connectivity index (χ1v) is 25.6. The number of nitrogens with one attached hydrogen (secondary N) is 2. The molecule has 2 N–H and O–H groups in total. The molecule has 8 bridgehead atoms. The summed E-state index contributed by atoms with van der Waals surface area (Å²) in [6.45, 7) is 18.6. The number of rotatable bonds is 18. The first kappa shape index (κ1) is 56.5. The zero-order valence-corrected chi connectivity index (χ0v) is 45.0. The smallest absolute Gasteiger partial charge is 0.340 e. The second-order valence-electron chi connectivity index (χ2n) is 18.6. The average Bonchev–Trinajstić information content (AvgIpc) is 4.03. The van der Waals surface area contributed by atoms with Gasteiger partial charge in [-0.2, -0.15) is 0 Å². The molecule has 0 unspecified atom stereocenters. The Labute approximate surface area is 434 Å². The summed E-state index contributed by atoms with van der Waals surface area (Å²) in [5.41, 5.74) is 9.43. The van der Waals surface area contributed by atoms with Crippen LogP contribution < -0.4 is 0 Å². The fourth-order valence-corrected chi connectivity index (χ4v) is 11.0. The van der Waals surface area contributed by atoms with Crippen LogP contribution in [0.25, 0.3) is 33.2 Å². The fourth-order valence-electron chi connectivity index (χ4n) is 9.80. The highest BCUT2D eigenvalue weighted by Gasteiger charge is 2.52. The van der Waals surface area contributed by atoms with Crippen molar-refractivity contribution < 1.29 is 66.7 Å². The van der Waals surface area contributed by atoms with Crippen LogP contribution in [0.5, 0.6) is 0 Å². The van der Waals surface area contributed by atoms with Crippen molar-refractivity contribution in [2.75, 3.05) is 40.2 Å². The molecule has 6 rings (SSSR count). The van der Waals surface area contributed by atoms with E-state index in [0.29, 0.717) is 64.3 Å². The average molecular weight is 1040 g/mol. The van der Waals surface area contributed by atoms with E-state index in [9.17, 15) is 33.6 Å². The molecule has 3 aromatic heterocycles. The highest BCUT2D eigenvalue weighted by atomic mass is 32.2. The van der Waals surface area contributed by atoms with Crippen molar-refractivity contribution in [2.24, 2.45) is 0 Å². The summed E-state index contributed by atoms with van der Waals surface area (Å²) < 4.78 is 38.7. The molecule has 3 aliphatic rings. The van der Waals surface area contributed by atoms with Crippen molar-refractivity contribution in [3.05, 3.63) is 81.4 Å². The first-order chi connectivity index (χ1) is 35.1. The van der Waals surface area contributed by atoms with E-state index in [-0.39, 0.29) is 43.4 Å². The second kappa shape index (κ2) is 24.5. The fraction of sp³-hybridized carbons (Fsp3) is 0.500. The standard InChI is InChI=1S/C54H67N5O14S/c1-14-34-26(3)38-22-40-28(5)36(17-18-46(65)67-12)48(57-40)37(49-47(53(66)68-13)29(6)41(58-49)24-43-35(15-2)27(4)39(56-43)23-42(34)55-38)21-45(64)59(11)19-16-20-74-54-52(72-33(10)63)51(71-32(9)62)50(70-31(8)61)44(73-54)25-69-30(7)60/h14,22-24,28,36,44,50-52,54,56,58H,1,15-21,25H2,2-13H3/t28-,36-,44+,50+,51-,52+,54-/m0/s1. The minimum atomic E-state index is -1.32. The number of fused-ring (bicyclic) bond motifs is 8. The molecule has 1 saturated heterocycles. The molecular weight excluding hydrogens is 975 g/mol. The molecule has 398 valence electrons. The molecule has 0 spiro atoms. The summed E-state index contributed by atoms with van der Waals surface area (Å²) in [5.74, 6) is -4.54. The molecule has 6 heterocycles. The third-order valence-electron chi connectivity index (χ3n) is 13.6. The molecular formula is C54H67N5O14S. The van der Waals surface area contributed by atoms with Crippen molar-refractivity contribution >= 4 is 86.7 Å². The third kappa shape index (κ3) is 12.6. The number of carbonyl (C=O) groups is 7. The van der Waals surface area contributed by atoms with Gasteiger partial charge in [0, 0.05) is 92.9 Å². The predicted molar refractivity (Wildman–Crippen MR) is 277 cm³/mol. The third-order valence-corrected chi connectivity index (χ3v) is 14.9. The van der Waals surface area contributed by atoms with Crippen LogP contribution in [0.3, 0.4) is 0 Å². The van der Waals surface area contributed by atoms with Crippen LogP contribution in [0.1, 0.15) is 135 Å². The lowest BCUT2D eigenvalue weighted by atomic mass is 9.84. The number of aromatic amines is 2. The van der Waals surface area contributed by atoms with Gasteiger partial charge in [0.15, 0.2) is 18.3 Å². The normalized spacial score (nSPS) is 20.3. The minimum absolute atomic E-state index is 0.0598. The van der Waals surface area contributed by atoms with Crippen LogP contribution in [0, 0.1) is 13.8 Å². The number of amides is 1. The second-order valence-corrected chi connectivity index (χ2v) is 19.8. The van der Waals surface area contributed by atoms with Gasteiger partial charge in [-0.3, -0.25) is 33.8 Å². The largest absolute Gasteiger partial charge is 0.469 e. The first-order valence-electron chi connectivity index (χ1n) is 24.5. The molecule has 3 aliphatic heterocycles. The summed E-state index contributed by atoms with van der Waals surface area (Å²) in [4.78, 5) is 110. The van der Waals surface area contributed by atoms with Crippen LogP contribution in [0.4, 0.5) is 0 Å². The Morgan fingerprint density at radius 2 is 1.47 bits per heavy atom. The monoisotopic (exact) mass is 1040 g/mol. The summed E-state index contributed by atoms with van der Waals surface area (Å²) in [5, 5.41) is 0. The molecule has 0 aliphatic carbocycles. The van der Waals surface area contributed by atoms with Gasteiger partial charge in [-0.25, -0.2) is 9.78 Å². The molecule has 20 heteroatoms. The summed E-state index contributed by atoms with van der Waals surface area (Å²) in [7, 11) is 4.29. The maximum Gasteiger partial charge on any atom is 0.340 e. The Balaban J connectivity index is 1.44. The number of ether oxygens (including phenoxy) is 7. The van der Waals surface area contributed by atoms with Gasteiger partial charge in [-0.15, -0.1) is 11.8 Å². The number of likely N-dealkylation sites (N-methyl/N-ethyl adjacent to an activating group) is 1. The van der Waals surface area contributed by atoms with Crippen molar-refractivity contribution in [1.29, 1.82) is 0 Å². The number of aromatic nitrogens is 4. The zero-order valence-electron chi connectivity index (χ0n) is 44.2. The summed E-state index contributed by atoms with van der Waals surface area (Å²) in [6.07, 6.45) is -1.92. The number of methoxy groups -OCH3 is 2. The van der Waals surface area contributed by atoms with Crippen molar-refractivity contribution in [3.63, 3.8) is 0 Å². The Morgan fingerprint density at radius 3 is 2.09 bits per heavy atom. The van der Waals surface area contributed by atoms with Gasteiger partial charge in [-0.05, 0) is 86.2 Å². The van der Waals surface area contributed by atoms with Crippen LogP contribution in [0.15, 0.2) is 30.9 Å². The van der Waals surface area contributed by atoms with Gasteiger partial charge >= 0.3 is 35.8 Å². The topological polar surface area (TPSA) is 245 Å². The number of thioether (sulfide) groups is 1. The number of carbonyl (C=O) groups excluding carboxylic acids is 7. The molecule has 7 atom stereocenters. The SMILES string of the molecule is C=CC1=C(C)c2cc3nc(c(CC(=O)N(C)CCCS[C@@H]4O[C@H](COC(C)=O)[C@@H](OC(C)=O)[C@H](OC(C)=O)[C@H]4OC(C)=O)c4[nH]c(cc5[nH]c(cc1n2)c(C)c5CC)c(C)c4C(=O)OC)[C@@H](CCC(=O)OC)[C@@H]3C. The van der Waals surface area contributed by atoms with E-state index in [2.05, 4.69) is 30.4 Å². The molecule has 3 aromatic rings. The number of H-pyrrole nitrogens is 2. The maximum absolute atomic E-state index is 14.8. The summed E-state index contributed by atoms with van der Waals surface area (Å²) >= 11 is 1.20. The predicted octanol–water partition coefficient (Wildman–Crippen LogP) is 7.45. The molecule has 19 nitrogen and oxygen atoms in total. The van der Waals surface area contributed by atoms with Crippen molar-refractivity contribution in [2.45, 2.75) is 136 Å². The highest BCUT2D eigenvalue weighted by Crippen LogP contribution is 2.44. The molecule has 1 fully saturated rings. The van der Waals surface area contributed by atoms with Gasteiger partial charge in [-0.1, -0.05) is 26.5 Å². The van der Waals surface area contributed by atoms with E-state index in [4.69, 9.17) is 43.1 Å². The molecule has 0 saturated carbocycles. The van der Waals surface area contributed by atoms with E-state index in [1.165, 1.54) is 39.8 Å². The van der Waals surface area contributed by atoms with Crippen LogP contribution in [-0.4, -0.2) is 137 Å². The Kier molecular flexibility index (Phi) is 18.7. The van der Waals surface area contributed by atoms with E-state index >= 15 is 0 Å². The Hall–Kier alpha value is -6.80. The van der Waals surface area contributed by atoms with Crippen LogP contribution in [-0.2, 0) is 74.8 Å². The Bertz CT molecular complexity index is 2920. The number of aryl methyl sites for hydroxylation is 3. The Morgan fingerprint density at radius 1 is 0.811 bits per heavy atom. The van der Waals surface area contributed by atoms with E-state index in [1.807, 2.05) is 39.0 Å². The van der Waals surface area contributed by atoms with Crippen molar-refractivity contribution in [1.82, 2.24) is 24.8 Å². The summed E-state index contributed by atoms with van der Waals surface area (Å²) in [6, 6.07) is 5.91. The molecule has 0 radical (unpaired) electrons. The number of hydrogen-bond acceptors (Lipinski definition) is 17. The van der Waals surface area contributed by atoms with Gasteiger partial charge < -0.3 is 48.0 Å². The molecule has 1 amide bonds. The van der Waals surface area contributed by atoms with E-state index in [1.54, 1.807) is 18.0 Å². The number of nitrogens with zero attached hydrogens (tertiary/aromatic N) is 3. The lowest BCUT2D eigenvalue weighted by Crippen LogP contribution is -2.61.